The molecule has 1 aliphatic heterocycles. The normalized spacial score (nSPS) is 13.1. The molecular weight excluding hydrogens is 372 g/mol. The number of benzene rings is 2. The van der Waals surface area contributed by atoms with E-state index in [2.05, 4.69) is 9.97 Å². The third-order valence-corrected chi connectivity index (χ3v) is 5.37. The molecule has 26 heavy (non-hydrogen) atoms. The number of rotatable bonds is 4. The summed E-state index contributed by atoms with van der Waals surface area (Å²) in [7, 11) is 0. The molecule has 0 spiro atoms. The van der Waals surface area contributed by atoms with E-state index in [-0.39, 0.29) is 11.7 Å². The van der Waals surface area contributed by atoms with Gasteiger partial charge >= 0.3 is 0 Å². The number of nitrogens with zero attached hydrogens (tertiary/aromatic N) is 2. The van der Waals surface area contributed by atoms with Crippen LogP contribution in [0.3, 0.4) is 0 Å². The van der Waals surface area contributed by atoms with Gasteiger partial charge in [0.25, 0.3) is 0 Å². The second-order valence-corrected chi connectivity index (χ2v) is 7.33. The quantitative estimate of drug-likeness (QED) is 0.527. The van der Waals surface area contributed by atoms with Crippen molar-refractivity contribution in [1.82, 2.24) is 9.97 Å². The second-order valence-electron chi connectivity index (χ2n) is 5.93. The number of nitrogens with two attached hydrogens (primary N) is 2. The van der Waals surface area contributed by atoms with Crippen LogP contribution in [0.2, 0.25) is 5.02 Å². The average Bonchev–Trinajstić information content (AvgIpc) is 2.60. The first-order valence-corrected chi connectivity index (χ1v) is 9.26. The highest BCUT2D eigenvalue weighted by molar-refractivity contribution is 7.99. The van der Waals surface area contributed by atoms with Crippen molar-refractivity contribution < 1.29 is 9.53 Å². The second kappa shape index (κ2) is 6.75. The van der Waals surface area contributed by atoms with Crippen molar-refractivity contribution in [2.45, 2.75) is 18.2 Å². The number of nitrogen functional groups attached to an aromatic ring is 1. The van der Waals surface area contributed by atoms with Crippen LogP contribution in [0.4, 0.5) is 5.95 Å². The standard InChI is InChI=1S/C18H15ClN4O2S/c19-12-4-10-7-25-6-9-2-1-3-11(16(9)10)17(12)13-5-15(23-18(21)22-13)26-8-14(20)24/h1-5H,6-8H2,(H2,20,24)(H2,21,22,23). The van der Waals surface area contributed by atoms with Crippen LogP contribution in [0.15, 0.2) is 35.4 Å². The van der Waals surface area contributed by atoms with Crippen LogP contribution in [-0.2, 0) is 22.7 Å². The summed E-state index contributed by atoms with van der Waals surface area (Å²) in [4.78, 5) is 19.6. The van der Waals surface area contributed by atoms with Crippen molar-refractivity contribution in [3.05, 3.63) is 46.5 Å². The number of halogens is 1. The van der Waals surface area contributed by atoms with E-state index in [4.69, 9.17) is 27.8 Å². The molecule has 0 saturated carbocycles. The minimum Gasteiger partial charge on any atom is -0.372 e. The summed E-state index contributed by atoms with van der Waals surface area (Å²) >= 11 is 7.81. The topological polar surface area (TPSA) is 104 Å². The summed E-state index contributed by atoms with van der Waals surface area (Å²) in [6, 6.07) is 9.73. The van der Waals surface area contributed by atoms with Gasteiger partial charge in [0.2, 0.25) is 11.9 Å². The van der Waals surface area contributed by atoms with Crippen LogP contribution in [0.25, 0.3) is 22.0 Å². The predicted octanol–water partition coefficient (Wildman–Crippen LogP) is 3.14. The van der Waals surface area contributed by atoms with Gasteiger partial charge in [-0.15, -0.1) is 0 Å². The fourth-order valence-electron chi connectivity index (χ4n) is 3.17. The lowest BCUT2D eigenvalue weighted by atomic mass is 9.93. The molecule has 0 unspecified atom stereocenters. The maximum absolute atomic E-state index is 11.0. The highest BCUT2D eigenvalue weighted by Gasteiger charge is 2.20. The number of anilines is 1. The Labute approximate surface area is 158 Å². The number of primary amides is 1. The lowest BCUT2D eigenvalue weighted by Crippen LogP contribution is -2.13. The summed E-state index contributed by atoms with van der Waals surface area (Å²) < 4.78 is 5.63. The van der Waals surface area contributed by atoms with Crippen LogP contribution < -0.4 is 11.5 Å². The fourth-order valence-corrected chi connectivity index (χ4v) is 4.14. The van der Waals surface area contributed by atoms with E-state index >= 15 is 0 Å². The number of carbonyl (C=O) groups excluding carboxylic acids is 1. The van der Waals surface area contributed by atoms with Crippen molar-refractivity contribution in [2.24, 2.45) is 5.73 Å². The lowest BCUT2D eigenvalue weighted by molar-refractivity contribution is -0.115. The highest BCUT2D eigenvalue weighted by atomic mass is 35.5. The molecule has 0 bridgehead atoms. The van der Waals surface area contributed by atoms with Crippen LogP contribution in [0.5, 0.6) is 0 Å². The molecule has 0 aliphatic carbocycles. The van der Waals surface area contributed by atoms with Crippen molar-refractivity contribution in [2.75, 3.05) is 11.5 Å². The van der Waals surface area contributed by atoms with Crippen molar-refractivity contribution in [1.29, 1.82) is 0 Å². The summed E-state index contributed by atoms with van der Waals surface area (Å²) in [5, 5.41) is 3.28. The molecule has 0 atom stereocenters. The molecule has 4 rings (SSSR count). The SMILES string of the molecule is NC(=O)CSc1cc(-c2c(Cl)cc3c4c(cccc24)COC3)nc(N)n1. The third kappa shape index (κ3) is 3.09. The third-order valence-electron chi connectivity index (χ3n) is 4.13. The smallest absolute Gasteiger partial charge is 0.227 e. The zero-order valence-corrected chi connectivity index (χ0v) is 15.2. The van der Waals surface area contributed by atoms with Crippen molar-refractivity contribution in [3.8, 4) is 11.3 Å². The van der Waals surface area contributed by atoms with Gasteiger partial charge in [0.1, 0.15) is 5.03 Å². The first kappa shape index (κ1) is 17.1. The summed E-state index contributed by atoms with van der Waals surface area (Å²) in [5.41, 5.74) is 14.7. The monoisotopic (exact) mass is 386 g/mol. The maximum Gasteiger partial charge on any atom is 0.227 e. The molecule has 0 radical (unpaired) electrons. The van der Waals surface area contributed by atoms with Crippen LogP contribution in [0.1, 0.15) is 11.1 Å². The van der Waals surface area contributed by atoms with Gasteiger partial charge in [0.15, 0.2) is 0 Å². The zero-order valence-electron chi connectivity index (χ0n) is 13.7. The molecule has 2 heterocycles. The number of aromatic nitrogens is 2. The summed E-state index contributed by atoms with van der Waals surface area (Å²) in [6.45, 7) is 1.09. The minimum atomic E-state index is -0.423. The summed E-state index contributed by atoms with van der Waals surface area (Å²) in [5.74, 6) is -0.187. The van der Waals surface area contributed by atoms with E-state index in [1.54, 1.807) is 6.07 Å². The van der Waals surface area contributed by atoms with E-state index in [1.165, 1.54) is 11.8 Å². The first-order valence-electron chi connectivity index (χ1n) is 7.89. The van der Waals surface area contributed by atoms with Crippen LogP contribution >= 0.6 is 23.4 Å². The van der Waals surface area contributed by atoms with Crippen molar-refractivity contribution >= 4 is 46.0 Å². The number of thioether (sulfide) groups is 1. The Bertz CT molecular complexity index is 1040. The molecule has 8 heteroatoms. The predicted molar refractivity (Wildman–Crippen MR) is 103 cm³/mol. The van der Waals surface area contributed by atoms with Gasteiger partial charge in [-0.2, -0.15) is 0 Å². The van der Waals surface area contributed by atoms with Gasteiger partial charge in [-0.3, -0.25) is 4.79 Å². The van der Waals surface area contributed by atoms with E-state index in [0.29, 0.717) is 29.0 Å². The summed E-state index contributed by atoms with van der Waals surface area (Å²) in [6.07, 6.45) is 0. The largest absolute Gasteiger partial charge is 0.372 e. The molecule has 4 N–H and O–H groups in total. The highest BCUT2D eigenvalue weighted by Crippen LogP contribution is 2.40. The van der Waals surface area contributed by atoms with Gasteiger partial charge in [-0.25, -0.2) is 9.97 Å². The molecule has 1 aliphatic rings. The van der Waals surface area contributed by atoms with E-state index in [0.717, 1.165) is 27.5 Å². The lowest BCUT2D eigenvalue weighted by Gasteiger charge is -2.20. The minimum absolute atomic E-state index is 0.116. The van der Waals surface area contributed by atoms with Crippen molar-refractivity contribution in [3.63, 3.8) is 0 Å². The Balaban J connectivity index is 1.91. The number of hydrogen-bond donors (Lipinski definition) is 2. The fraction of sp³-hybridized carbons (Fsp3) is 0.167. The molecule has 132 valence electrons. The average molecular weight is 387 g/mol. The number of carbonyl (C=O) groups is 1. The molecule has 2 aromatic carbocycles. The Kier molecular flexibility index (Phi) is 4.44. The van der Waals surface area contributed by atoms with Gasteiger partial charge in [0.05, 0.1) is 29.7 Å². The molecule has 0 saturated heterocycles. The molecule has 1 amide bonds. The molecule has 0 fully saturated rings. The Morgan fingerprint density at radius 1 is 1.23 bits per heavy atom. The number of ether oxygens (including phenoxy) is 1. The maximum atomic E-state index is 11.0. The van der Waals surface area contributed by atoms with Gasteiger partial charge in [-0.1, -0.05) is 41.6 Å². The van der Waals surface area contributed by atoms with E-state index in [9.17, 15) is 4.79 Å². The Morgan fingerprint density at radius 2 is 2.04 bits per heavy atom. The molecule has 1 aromatic heterocycles. The molecular formula is C18H15ClN4O2S. The van der Waals surface area contributed by atoms with Gasteiger partial charge in [-0.05, 0) is 34.0 Å². The number of hydrogen-bond acceptors (Lipinski definition) is 6. The molecule has 3 aromatic rings. The van der Waals surface area contributed by atoms with Gasteiger partial charge in [0, 0.05) is 5.56 Å². The number of amides is 1. The first-order chi connectivity index (χ1) is 12.5. The van der Waals surface area contributed by atoms with E-state index < -0.39 is 5.91 Å². The Hall–Kier alpha value is -2.35. The van der Waals surface area contributed by atoms with Gasteiger partial charge < -0.3 is 16.2 Å². The zero-order chi connectivity index (χ0) is 18.3. The van der Waals surface area contributed by atoms with E-state index in [1.807, 2.05) is 24.3 Å². The van der Waals surface area contributed by atoms with Crippen LogP contribution in [0, 0.1) is 0 Å². The van der Waals surface area contributed by atoms with Crippen LogP contribution in [-0.4, -0.2) is 21.6 Å². The molecule has 6 nitrogen and oxygen atoms in total. The Morgan fingerprint density at radius 3 is 2.85 bits per heavy atom.